The summed E-state index contributed by atoms with van der Waals surface area (Å²) >= 11 is 0. The van der Waals surface area contributed by atoms with E-state index in [1.807, 2.05) is 13.0 Å². The van der Waals surface area contributed by atoms with Gasteiger partial charge in [-0.25, -0.2) is 0 Å². The second-order valence-corrected chi connectivity index (χ2v) is 5.42. The van der Waals surface area contributed by atoms with Crippen LogP contribution in [-0.2, 0) is 0 Å². The lowest BCUT2D eigenvalue weighted by Gasteiger charge is -2.38. The molecule has 2 rings (SSSR count). The molecule has 2 heterocycles. The molecule has 2 atom stereocenters. The van der Waals surface area contributed by atoms with Crippen LogP contribution < -0.4 is 5.32 Å². The average molecular weight is 236 g/mol. The quantitative estimate of drug-likeness (QED) is 0.874. The maximum Gasteiger partial charge on any atom is 0.121 e. The molecule has 0 saturated carbocycles. The van der Waals surface area contributed by atoms with Crippen LogP contribution in [0, 0.1) is 12.8 Å². The third kappa shape index (κ3) is 2.90. The van der Waals surface area contributed by atoms with E-state index in [2.05, 4.69) is 37.1 Å². The third-order valence-corrected chi connectivity index (χ3v) is 3.76. The first-order chi connectivity index (χ1) is 8.08. The van der Waals surface area contributed by atoms with Crippen molar-refractivity contribution >= 4 is 0 Å². The minimum absolute atomic E-state index is 0.382. The Morgan fingerprint density at radius 2 is 2.12 bits per heavy atom. The predicted octanol–water partition coefficient (Wildman–Crippen LogP) is 2.58. The van der Waals surface area contributed by atoms with Crippen molar-refractivity contribution in [3.05, 3.63) is 23.7 Å². The Morgan fingerprint density at radius 3 is 2.71 bits per heavy atom. The Balaban J connectivity index is 2.02. The number of hydrogen-bond donors (Lipinski definition) is 1. The molecule has 3 nitrogen and oxygen atoms in total. The number of nitrogens with one attached hydrogen (secondary N) is 1. The zero-order chi connectivity index (χ0) is 12.4. The normalized spacial score (nSPS) is 24.2. The molecular weight excluding hydrogens is 212 g/mol. The highest BCUT2D eigenvalue weighted by Gasteiger charge is 2.26. The number of furan rings is 1. The largest absolute Gasteiger partial charge is 0.465 e. The lowest BCUT2D eigenvalue weighted by molar-refractivity contribution is 0.122. The van der Waals surface area contributed by atoms with Crippen LogP contribution in [0.15, 0.2) is 16.5 Å². The fourth-order valence-corrected chi connectivity index (χ4v) is 2.46. The molecule has 1 aliphatic rings. The van der Waals surface area contributed by atoms with E-state index < -0.39 is 0 Å². The van der Waals surface area contributed by atoms with Gasteiger partial charge in [0.15, 0.2) is 0 Å². The van der Waals surface area contributed by atoms with Crippen molar-refractivity contribution in [2.24, 2.45) is 5.92 Å². The van der Waals surface area contributed by atoms with Crippen molar-refractivity contribution in [3.8, 4) is 0 Å². The summed E-state index contributed by atoms with van der Waals surface area (Å²) in [6, 6.07) is 5.13. The summed E-state index contributed by atoms with van der Waals surface area (Å²) < 4.78 is 5.73. The molecule has 0 aliphatic carbocycles. The standard InChI is InChI=1S/C14H24N2O/c1-10(2)13-9-16(8-7-15-13)12(4)14-6-5-11(3)17-14/h5-6,10,12-13,15H,7-9H2,1-4H3. The average Bonchev–Trinajstić information content (AvgIpc) is 2.75. The van der Waals surface area contributed by atoms with Crippen molar-refractivity contribution in [1.29, 1.82) is 0 Å². The summed E-state index contributed by atoms with van der Waals surface area (Å²) in [5.41, 5.74) is 0. The number of piperazine rings is 1. The lowest BCUT2D eigenvalue weighted by Crippen LogP contribution is -2.53. The van der Waals surface area contributed by atoms with Gasteiger partial charge in [0.05, 0.1) is 6.04 Å². The summed E-state index contributed by atoms with van der Waals surface area (Å²) in [4.78, 5) is 2.51. The number of aryl methyl sites for hydroxylation is 1. The second-order valence-electron chi connectivity index (χ2n) is 5.42. The Bertz CT molecular complexity index is 359. The first-order valence-corrected chi connectivity index (χ1v) is 6.61. The zero-order valence-corrected chi connectivity index (χ0v) is 11.4. The van der Waals surface area contributed by atoms with Crippen LogP contribution in [0.3, 0.4) is 0 Å². The first-order valence-electron chi connectivity index (χ1n) is 6.61. The van der Waals surface area contributed by atoms with E-state index in [-0.39, 0.29) is 0 Å². The smallest absolute Gasteiger partial charge is 0.121 e. The van der Waals surface area contributed by atoms with Crippen molar-refractivity contribution in [1.82, 2.24) is 10.2 Å². The topological polar surface area (TPSA) is 28.4 Å². The van der Waals surface area contributed by atoms with Gasteiger partial charge in [0.1, 0.15) is 11.5 Å². The van der Waals surface area contributed by atoms with E-state index in [0.29, 0.717) is 18.0 Å². The zero-order valence-electron chi connectivity index (χ0n) is 11.4. The SMILES string of the molecule is Cc1ccc(C(C)N2CCNC(C(C)C)C2)o1. The summed E-state index contributed by atoms with van der Waals surface area (Å²) in [6.07, 6.45) is 0. The minimum atomic E-state index is 0.382. The summed E-state index contributed by atoms with van der Waals surface area (Å²) in [6.45, 7) is 12.1. The van der Waals surface area contributed by atoms with Gasteiger partial charge in [-0.15, -0.1) is 0 Å². The van der Waals surface area contributed by atoms with Crippen molar-refractivity contribution < 1.29 is 4.42 Å². The van der Waals surface area contributed by atoms with E-state index in [9.17, 15) is 0 Å². The third-order valence-electron chi connectivity index (χ3n) is 3.76. The Labute approximate surface area is 104 Å². The Morgan fingerprint density at radius 1 is 1.35 bits per heavy atom. The number of nitrogens with zero attached hydrogens (tertiary/aromatic N) is 1. The molecule has 2 unspecified atom stereocenters. The number of rotatable bonds is 3. The highest BCUT2D eigenvalue weighted by atomic mass is 16.3. The van der Waals surface area contributed by atoms with Crippen LogP contribution in [-0.4, -0.2) is 30.6 Å². The molecule has 3 heteroatoms. The molecule has 17 heavy (non-hydrogen) atoms. The highest BCUT2D eigenvalue weighted by molar-refractivity contribution is 5.09. The fourth-order valence-electron chi connectivity index (χ4n) is 2.46. The molecule has 1 aliphatic heterocycles. The van der Waals surface area contributed by atoms with Crippen LogP contribution in [0.4, 0.5) is 0 Å². The highest BCUT2D eigenvalue weighted by Crippen LogP contribution is 2.24. The molecule has 0 amide bonds. The van der Waals surface area contributed by atoms with Gasteiger partial charge in [0.2, 0.25) is 0 Å². The second kappa shape index (κ2) is 5.23. The van der Waals surface area contributed by atoms with E-state index >= 15 is 0 Å². The lowest BCUT2D eigenvalue weighted by atomic mass is 10.0. The van der Waals surface area contributed by atoms with Gasteiger partial charge in [-0.3, -0.25) is 4.90 Å². The molecule has 1 aromatic rings. The maximum atomic E-state index is 5.73. The summed E-state index contributed by atoms with van der Waals surface area (Å²) in [5.74, 6) is 2.78. The van der Waals surface area contributed by atoms with Gasteiger partial charge in [0.25, 0.3) is 0 Å². The van der Waals surface area contributed by atoms with Crippen LogP contribution in [0.1, 0.15) is 38.3 Å². The first kappa shape index (κ1) is 12.7. The summed E-state index contributed by atoms with van der Waals surface area (Å²) in [7, 11) is 0. The van der Waals surface area contributed by atoms with E-state index in [1.54, 1.807) is 0 Å². The van der Waals surface area contributed by atoms with Gasteiger partial charge < -0.3 is 9.73 Å². The van der Waals surface area contributed by atoms with E-state index in [1.165, 1.54) is 0 Å². The van der Waals surface area contributed by atoms with Crippen molar-refractivity contribution in [2.75, 3.05) is 19.6 Å². The molecule has 0 aromatic carbocycles. The van der Waals surface area contributed by atoms with Gasteiger partial charge in [-0.2, -0.15) is 0 Å². The van der Waals surface area contributed by atoms with Crippen molar-refractivity contribution in [3.63, 3.8) is 0 Å². The predicted molar refractivity (Wildman–Crippen MR) is 70.1 cm³/mol. The summed E-state index contributed by atoms with van der Waals surface area (Å²) in [5, 5.41) is 3.59. The minimum Gasteiger partial charge on any atom is -0.465 e. The molecule has 1 saturated heterocycles. The Kier molecular flexibility index (Phi) is 3.89. The number of hydrogen-bond acceptors (Lipinski definition) is 3. The molecule has 96 valence electrons. The van der Waals surface area contributed by atoms with Crippen LogP contribution in [0.5, 0.6) is 0 Å². The van der Waals surface area contributed by atoms with Gasteiger partial charge >= 0.3 is 0 Å². The van der Waals surface area contributed by atoms with Crippen LogP contribution in [0.2, 0.25) is 0 Å². The fraction of sp³-hybridized carbons (Fsp3) is 0.714. The van der Waals surface area contributed by atoms with Gasteiger partial charge in [-0.05, 0) is 31.9 Å². The molecule has 0 spiro atoms. The molecule has 1 aromatic heterocycles. The van der Waals surface area contributed by atoms with Crippen molar-refractivity contribution in [2.45, 2.75) is 39.8 Å². The van der Waals surface area contributed by atoms with Crippen LogP contribution in [0.25, 0.3) is 0 Å². The Hall–Kier alpha value is -0.800. The molecular formula is C14H24N2O. The molecule has 0 radical (unpaired) electrons. The van der Waals surface area contributed by atoms with E-state index in [4.69, 9.17) is 4.42 Å². The van der Waals surface area contributed by atoms with Gasteiger partial charge in [-0.1, -0.05) is 13.8 Å². The molecule has 0 bridgehead atoms. The monoisotopic (exact) mass is 236 g/mol. The van der Waals surface area contributed by atoms with Crippen LogP contribution >= 0.6 is 0 Å². The molecule has 1 fully saturated rings. The molecule has 1 N–H and O–H groups in total. The van der Waals surface area contributed by atoms with E-state index in [0.717, 1.165) is 31.2 Å². The maximum absolute atomic E-state index is 5.73. The van der Waals surface area contributed by atoms with Gasteiger partial charge in [0, 0.05) is 25.7 Å².